The molecule has 0 radical (unpaired) electrons. The maximum Gasteiger partial charge on any atom is 0.410 e. The van der Waals surface area contributed by atoms with Crippen LogP contribution < -0.4 is 5.73 Å². The highest BCUT2D eigenvalue weighted by atomic mass is 32.1. The topological polar surface area (TPSA) is 64.8 Å². The first kappa shape index (κ1) is 16.1. The summed E-state index contributed by atoms with van der Waals surface area (Å²) in [6, 6.07) is 0. The molecular weight excluding hydrogens is 240 g/mol. The molecule has 2 N–H and O–H groups in total. The van der Waals surface area contributed by atoms with Gasteiger partial charge in [0, 0.05) is 6.54 Å². The minimum Gasteiger partial charge on any atom is -0.444 e. The van der Waals surface area contributed by atoms with Crippen LogP contribution in [0.25, 0.3) is 0 Å². The maximum atomic E-state index is 11.6. The number of carbonyl (C=O) groups excluding carboxylic acids is 1. The third kappa shape index (κ3) is 7.93. The zero-order chi connectivity index (χ0) is 13.5. The Bertz CT molecular complexity index is 254. The first-order valence-electron chi connectivity index (χ1n) is 5.55. The van der Waals surface area contributed by atoms with Gasteiger partial charge in [0.05, 0.1) is 24.7 Å². The Hall–Kier alpha value is -0.880. The monoisotopic (exact) mass is 262 g/mol. The molecule has 100 valence electrons. The van der Waals surface area contributed by atoms with Crippen LogP contribution in [-0.4, -0.2) is 47.9 Å². The third-order valence-electron chi connectivity index (χ3n) is 1.89. The number of nitrogens with two attached hydrogens (primary N) is 1. The lowest BCUT2D eigenvalue weighted by atomic mass is 10.2. The van der Waals surface area contributed by atoms with Crippen molar-refractivity contribution in [3.05, 3.63) is 0 Å². The summed E-state index contributed by atoms with van der Waals surface area (Å²) >= 11 is 4.05. The molecule has 1 aliphatic rings. The van der Waals surface area contributed by atoms with E-state index in [0.717, 1.165) is 5.49 Å². The van der Waals surface area contributed by atoms with E-state index in [1.165, 1.54) is 0 Å². The van der Waals surface area contributed by atoms with Gasteiger partial charge in [-0.25, -0.2) is 4.79 Å². The Balaban J connectivity index is 0.000000770. The van der Waals surface area contributed by atoms with Crippen LogP contribution in [-0.2, 0) is 9.47 Å². The fourth-order valence-electron chi connectivity index (χ4n) is 1.31. The van der Waals surface area contributed by atoms with Gasteiger partial charge >= 0.3 is 6.09 Å². The summed E-state index contributed by atoms with van der Waals surface area (Å²) in [5.74, 6) is 0. The van der Waals surface area contributed by atoms with Crippen LogP contribution in [0.4, 0.5) is 4.79 Å². The first-order valence-corrected chi connectivity index (χ1v) is 6.02. The van der Waals surface area contributed by atoms with Crippen molar-refractivity contribution in [3.63, 3.8) is 0 Å². The van der Waals surface area contributed by atoms with Gasteiger partial charge in [0.2, 0.25) is 0 Å². The molecule has 1 aliphatic heterocycles. The lowest BCUT2D eigenvalue weighted by Gasteiger charge is -2.32. The van der Waals surface area contributed by atoms with E-state index in [1.54, 1.807) is 4.90 Å². The molecule has 1 atom stereocenters. The molecule has 1 unspecified atom stereocenters. The Morgan fingerprint density at radius 3 is 2.53 bits per heavy atom. The van der Waals surface area contributed by atoms with Gasteiger partial charge < -0.3 is 20.1 Å². The van der Waals surface area contributed by atoms with Crippen molar-refractivity contribution in [2.24, 2.45) is 5.73 Å². The number of nitrogens with zero attached hydrogens (tertiary/aromatic N) is 1. The van der Waals surface area contributed by atoms with Crippen molar-refractivity contribution in [1.82, 2.24) is 4.90 Å². The summed E-state index contributed by atoms with van der Waals surface area (Å²) in [6.07, 6.45) is -0.135. The van der Waals surface area contributed by atoms with Crippen molar-refractivity contribution < 1.29 is 14.3 Å². The van der Waals surface area contributed by atoms with E-state index in [4.69, 9.17) is 9.47 Å². The number of morpholine rings is 1. The van der Waals surface area contributed by atoms with Crippen molar-refractivity contribution in [1.29, 1.82) is 0 Å². The van der Waals surface area contributed by atoms with E-state index in [9.17, 15) is 4.79 Å². The molecule has 1 fully saturated rings. The molecule has 6 heteroatoms. The van der Waals surface area contributed by atoms with E-state index in [1.807, 2.05) is 27.7 Å². The number of amides is 1. The van der Waals surface area contributed by atoms with Gasteiger partial charge in [-0.2, -0.15) is 0 Å². The van der Waals surface area contributed by atoms with Crippen molar-refractivity contribution in [2.45, 2.75) is 39.4 Å². The maximum absolute atomic E-state index is 11.6. The highest BCUT2D eigenvalue weighted by Crippen LogP contribution is 2.12. The quantitative estimate of drug-likeness (QED) is 0.671. The van der Waals surface area contributed by atoms with Crippen LogP contribution in [0.1, 0.15) is 27.7 Å². The van der Waals surface area contributed by atoms with E-state index in [0.29, 0.717) is 19.7 Å². The fraction of sp³-hybridized carbons (Fsp3) is 0.818. The minimum atomic E-state index is -0.418. The molecule has 17 heavy (non-hydrogen) atoms. The second kappa shape index (κ2) is 7.45. The summed E-state index contributed by atoms with van der Waals surface area (Å²) in [7, 11) is 0. The summed E-state index contributed by atoms with van der Waals surface area (Å²) in [5, 5.41) is 0. The number of hydrogen-bond donors (Lipinski definition) is 1. The number of carbonyl (C=O) groups is 1. The highest BCUT2D eigenvalue weighted by Gasteiger charge is 2.25. The summed E-state index contributed by atoms with van der Waals surface area (Å²) in [6.45, 7) is 9.41. The van der Waals surface area contributed by atoms with Crippen LogP contribution >= 0.6 is 12.2 Å². The molecule has 0 aliphatic carbocycles. The zero-order valence-corrected chi connectivity index (χ0v) is 11.8. The predicted octanol–water partition coefficient (Wildman–Crippen LogP) is 1.54. The first-order chi connectivity index (χ1) is 7.80. The highest BCUT2D eigenvalue weighted by molar-refractivity contribution is 7.78. The molecule has 5 nitrogen and oxygen atoms in total. The number of thiocarbonyl (C=S) groups is 1. The smallest absolute Gasteiger partial charge is 0.410 e. The van der Waals surface area contributed by atoms with Gasteiger partial charge in [-0.3, -0.25) is 0 Å². The van der Waals surface area contributed by atoms with Gasteiger partial charge in [-0.15, -0.1) is 0 Å². The molecule has 0 spiro atoms. The zero-order valence-electron chi connectivity index (χ0n) is 10.9. The molecule has 1 rings (SSSR count). The van der Waals surface area contributed by atoms with Crippen LogP contribution in [0.2, 0.25) is 0 Å². The van der Waals surface area contributed by atoms with E-state index >= 15 is 0 Å². The molecule has 0 saturated carbocycles. The number of ether oxygens (including phenoxy) is 2. The van der Waals surface area contributed by atoms with Crippen LogP contribution in [0.15, 0.2) is 0 Å². The van der Waals surface area contributed by atoms with Gasteiger partial charge in [0.1, 0.15) is 5.60 Å². The van der Waals surface area contributed by atoms with Gasteiger partial charge in [0.15, 0.2) is 0 Å². The lowest BCUT2D eigenvalue weighted by Crippen LogP contribution is -2.46. The van der Waals surface area contributed by atoms with Gasteiger partial charge in [-0.1, -0.05) is 12.2 Å². The van der Waals surface area contributed by atoms with E-state index in [2.05, 4.69) is 18.0 Å². The number of rotatable bonds is 0. The average Bonchev–Trinajstić information content (AvgIpc) is 2.16. The molecular formula is C11H22N2O3S. The number of hydrogen-bond acceptors (Lipinski definition) is 4. The second-order valence-electron chi connectivity index (χ2n) is 4.74. The normalized spacial score (nSPS) is 20.0. The van der Waals surface area contributed by atoms with Gasteiger partial charge in [0.25, 0.3) is 0 Å². The van der Waals surface area contributed by atoms with Crippen molar-refractivity contribution in [3.8, 4) is 0 Å². The molecule has 1 amide bonds. The average molecular weight is 262 g/mol. The molecule has 0 bridgehead atoms. The SMILES string of the molecule is CC1CN(C(=O)OC(C)(C)C)CCO1.NC=S. The molecule has 0 aromatic rings. The molecule has 0 aromatic carbocycles. The van der Waals surface area contributed by atoms with Crippen LogP contribution in [0.3, 0.4) is 0 Å². The van der Waals surface area contributed by atoms with Crippen molar-refractivity contribution in [2.75, 3.05) is 19.7 Å². The Morgan fingerprint density at radius 1 is 1.59 bits per heavy atom. The van der Waals surface area contributed by atoms with E-state index in [-0.39, 0.29) is 12.2 Å². The largest absolute Gasteiger partial charge is 0.444 e. The summed E-state index contributed by atoms with van der Waals surface area (Å²) in [5.41, 5.74) is 5.20. The predicted molar refractivity (Wildman–Crippen MR) is 71.1 cm³/mol. The van der Waals surface area contributed by atoms with Crippen molar-refractivity contribution >= 4 is 23.8 Å². The lowest BCUT2D eigenvalue weighted by molar-refractivity contribution is -0.0353. The summed E-state index contributed by atoms with van der Waals surface area (Å²) < 4.78 is 10.6. The Labute approximate surface area is 108 Å². The molecule has 1 saturated heterocycles. The van der Waals surface area contributed by atoms with Crippen LogP contribution in [0, 0.1) is 0 Å². The Morgan fingerprint density at radius 2 is 2.12 bits per heavy atom. The summed E-state index contributed by atoms with van der Waals surface area (Å²) in [4.78, 5) is 13.3. The molecule has 0 aromatic heterocycles. The minimum absolute atomic E-state index is 0.108. The molecule has 1 heterocycles. The third-order valence-corrected chi connectivity index (χ3v) is 1.89. The second-order valence-corrected chi connectivity index (χ2v) is 5.02. The Kier molecular flexibility index (Phi) is 7.06. The fourth-order valence-corrected chi connectivity index (χ4v) is 1.31. The standard InChI is InChI=1S/C10H19NO3.CH3NS/c1-8-7-11(5-6-13-8)9(12)14-10(2,3)4;2-1-3/h8H,5-7H2,1-4H3;1H,(H2,2,3). The van der Waals surface area contributed by atoms with E-state index < -0.39 is 5.60 Å². The van der Waals surface area contributed by atoms with Gasteiger partial charge in [-0.05, 0) is 27.7 Å². The van der Waals surface area contributed by atoms with Crippen LogP contribution in [0.5, 0.6) is 0 Å².